The molecule has 1 aromatic carbocycles. The summed E-state index contributed by atoms with van der Waals surface area (Å²) in [6.07, 6.45) is 1.79. The van der Waals surface area contributed by atoms with Gasteiger partial charge in [-0.25, -0.2) is 0 Å². The predicted octanol–water partition coefficient (Wildman–Crippen LogP) is 2.94. The fourth-order valence-corrected chi connectivity index (χ4v) is 2.03. The maximum atomic E-state index is 12.3. The molecule has 0 aliphatic rings. The molecule has 2 rings (SSSR count). The Hall–Kier alpha value is -2.34. The largest absolute Gasteiger partial charge is 0.283 e. The van der Waals surface area contributed by atoms with Crippen LogP contribution >= 0.6 is 0 Å². The van der Waals surface area contributed by atoms with E-state index in [-0.39, 0.29) is 11.1 Å². The van der Waals surface area contributed by atoms with E-state index in [0.29, 0.717) is 0 Å². The second-order valence-electron chi connectivity index (χ2n) is 4.87. The highest BCUT2D eigenvalue weighted by Crippen LogP contribution is 2.15. The summed E-state index contributed by atoms with van der Waals surface area (Å²) >= 11 is 0. The van der Waals surface area contributed by atoms with E-state index in [4.69, 9.17) is 5.26 Å². The second kappa shape index (κ2) is 4.74. The second-order valence-corrected chi connectivity index (χ2v) is 4.87. The van der Waals surface area contributed by atoms with E-state index in [2.05, 4.69) is 0 Å². The molecule has 1 aromatic heterocycles. The Kier molecular flexibility index (Phi) is 3.26. The Balaban J connectivity index is 2.77. The van der Waals surface area contributed by atoms with Crippen molar-refractivity contribution in [2.45, 2.75) is 27.7 Å². The Morgan fingerprint density at radius 2 is 1.74 bits per heavy atom. The number of benzene rings is 1. The molecule has 0 N–H and O–H groups in total. The summed E-state index contributed by atoms with van der Waals surface area (Å²) in [6, 6.07) is 7.86. The van der Waals surface area contributed by atoms with Crippen LogP contribution < -0.4 is 5.56 Å². The lowest BCUT2D eigenvalue weighted by Crippen LogP contribution is -2.22. The van der Waals surface area contributed by atoms with Gasteiger partial charge in [-0.3, -0.25) is 9.36 Å². The zero-order chi connectivity index (χ0) is 14.2. The highest BCUT2D eigenvalue weighted by molar-refractivity contribution is 5.45. The fraction of sp³-hybridized carbons (Fsp3) is 0.250. The molecule has 0 spiro atoms. The molecule has 0 amide bonds. The Bertz CT molecular complexity index is 749. The third-order valence-electron chi connectivity index (χ3n) is 3.60. The SMILES string of the molecule is Cc1ccc(-n2cc(C)c(C)c(C#N)c2=O)cc1C. The van der Waals surface area contributed by atoms with E-state index >= 15 is 0 Å². The maximum Gasteiger partial charge on any atom is 0.273 e. The average molecular weight is 252 g/mol. The molecule has 0 bridgehead atoms. The topological polar surface area (TPSA) is 45.8 Å². The quantitative estimate of drug-likeness (QED) is 0.783. The van der Waals surface area contributed by atoms with Crippen LogP contribution in [0, 0.1) is 39.0 Å². The van der Waals surface area contributed by atoms with Gasteiger partial charge in [-0.2, -0.15) is 5.26 Å². The Morgan fingerprint density at radius 1 is 1.05 bits per heavy atom. The molecule has 0 saturated carbocycles. The zero-order valence-electron chi connectivity index (χ0n) is 11.6. The summed E-state index contributed by atoms with van der Waals surface area (Å²) in [5.74, 6) is 0. The molecule has 2 aromatic rings. The van der Waals surface area contributed by atoms with E-state index in [1.165, 1.54) is 5.56 Å². The molecule has 0 atom stereocenters. The molecule has 3 nitrogen and oxygen atoms in total. The summed E-state index contributed by atoms with van der Waals surface area (Å²) in [6.45, 7) is 7.76. The fourth-order valence-electron chi connectivity index (χ4n) is 2.03. The van der Waals surface area contributed by atoms with Gasteiger partial charge >= 0.3 is 0 Å². The standard InChI is InChI=1S/C16H16N2O/c1-10-5-6-14(7-11(10)2)18-9-12(3)13(4)15(8-17)16(18)19/h5-7,9H,1-4H3. The van der Waals surface area contributed by atoms with Gasteiger partial charge in [-0.15, -0.1) is 0 Å². The van der Waals surface area contributed by atoms with Crippen LogP contribution in [0.4, 0.5) is 0 Å². The molecule has 96 valence electrons. The van der Waals surface area contributed by atoms with Gasteiger partial charge in [0.05, 0.1) is 0 Å². The van der Waals surface area contributed by atoms with Gasteiger partial charge in [-0.1, -0.05) is 6.07 Å². The number of aryl methyl sites for hydroxylation is 3. The molecule has 3 heteroatoms. The van der Waals surface area contributed by atoms with E-state index in [9.17, 15) is 4.79 Å². The van der Waals surface area contributed by atoms with Crippen molar-refractivity contribution < 1.29 is 0 Å². The zero-order valence-corrected chi connectivity index (χ0v) is 11.6. The minimum absolute atomic E-state index is 0.221. The lowest BCUT2D eigenvalue weighted by Gasteiger charge is -2.11. The molecule has 0 aliphatic carbocycles. The first kappa shape index (κ1) is 13.1. The van der Waals surface area contributed by atoms with Crippen molar-refractivity contribution in [1.82, 2.24) is 4.57 Å². The molecule has 0 unspecified atom stereocenters. The minimum Gasteiger partial charge on any atom is -0.283 e. The summed E-state index contributed by atoms with van der Waals surface area (Å²) in [5, 5.41) is 9.13. The van der Waals surface area contributed by atoms with Gasteiger partial charge in [0.25, 0.3) is 5.56 Å². The maximum absolute atomic E-state index is 12.3. The summed E-state index contributed by atoms with van der Waals surface area (Å²) in [5.41, 5.74) is 4.77. The van der Waals surface area contributed by atoms with Crippen LogP contribution in [0.25, 0.3) is 5.69 Å². The van der Waals surface area contributed by atoms with Gasteiger partial charge in [0.2, 0.25) is 0 Å². The van der Waals surface area contributed by atoms with E-state index in [1.54, 1.807) is 17.7 Å². The monoisotopic (exact) mass is 252 g/mol. The highest BCUT2D eigenvalue weighted by atomic mass is 16.1. The number of hydrogen-bond acceptors (Lipinski definition) is 2. The number of nitrogens with zero attached hydrogens (tertiary/aromatic N) is 2. The average Bonchev–Trinajstić information content (AvgIpc) is 2.38. The van der Waals surface area contributed by atoms with E-state index in [0.717, 1.165) is 22.4 Å². The molecular weight excluding hydrogens is 236 g/mol. The van der Waals surface area contributed by atoms with Crippen molar-refractivity contribution in [1.29, 1.82) is 5.26 Å². The number of aromatic nitrogens is 1. The van der Waals surface area contributed by atoms with Crippen molar-refractivity contribution >= 4 is 0 Å². The van der Waals surface area contributed by atoms with Crippen LogP contribution in [0.3, 0.4) is 0 Å². The molecule has 19 heavy (non-hydrogen) atoms. The van der Waals surface area contributed by atoms with Crippen molar-refractivity contribution in [3.63, 3.8) is 0 Å². The van der Waals surface area contributed by atoms with E-state index in [1.807, 2.05) is 45.0 Å². The summed E-state index contributed by atoms with van der Waals surface area (Å²) in [7, 11) is 0. The smallest absolute Gasteiger partial charge is 0.273 e. The minimum atomic E-state index is -0.256. The van der Waals surface area contributed by atoms with Gasteiger partial charge in [-0.05, 0) is 62.1 Å². The molecule has 0 fully saturated rings. The predicted molar refractivity (Wildman–Crippen MR) is 75.7 cm³/mol. The first-order valence-electron chi connectivity index (χ1n) is 6.16. The molecular formula is C16H16N2O. The van der Waals surface area contributed by atoms with Crippen LogP contribution in [0.2, 0.25) is 0 Å². The van der Waals surface area contributed by atoms with Crippen LogP contribution in [-0.4, -0.2) is 4.57 Å². The lowest BCUT2D eigenvalue weighted by atomic mass is 10.1. The molecule has 0 radical (unpaired) electrons. The molecule has 0 aliphatic heterocycles. The Morgan fingerprint density at radius 3 is 2.32 bits per heavy atom. The normalized spacial score (nSPS) is 10.3. The van der Waals surface area contributed by atoms with Crippen LogP contribution in [0.1, 0.15) is 27.8 Å². The van der Waals surface area contributed by atoms with Gasteiger partial charge in [0, 0.05) is 11.9 Å². The van der Waals surface area contributed by atoms with Crippen molar-refractivity contribution in [3.05, 3.63) is 62.6 Å². The number of rotatable bonds is 1. The number of nitriles is 1. The first-order valence-corrected chi connectivity index (χ1v) is 6.16. The lowest BCUT2D eigenvalue weighted by molar-refractivity contribution is 0.953. The van der Waals surface area contributed by atoms with Gasteiger partial charge in [0.15, 0.2) is 0 Å². The molecule has 1 heterocycles. The third-order valence-corrected chi connectivity index (χ3v) is 3.60. The van der Waals surface area contributed by atoms with Crippen molar-refractivity contribution in [2.75, 3.05) is 0 Å². The van der Waals surface area contributed by atoms with Gasteiger partial charge < -0.3 is 0 Å². The van der Waals surface area contributed by atoms with Crippen LogP contribution in [-0.2, 0) is 0 Å². The van der Waals surface area contributed by atoms with Gasteiger partial charge in [0.1, 0.15) is 11.6 Å². The highest BCUT2D eigenvalue weighted by Gasteiger charge is 2.11. The number of pyridine rings is 1. The summed E-state index contributed by atoms with van der Waals surface area (Å²) < 4.78 is 1.55. The van der Waals surface area contributed by atoms with Crippen LogP contribution in [0.15, 0.2) is 29.2 Å². The first-order chi connectivity index (χ1) is 8.95. The van der Waals surface area contributed by atoms with Crippen molar-refractivity contribution in [2.24, 2.45) is 0 Å². The number of hydrogen-bond donors (Lipinski definition) is 0. The van der Waals surface area contributed by atoms with Crippen LogP contribution in [0.5, 0.6) is 0 Å². The summed E-state index contributed by atoms with van der Waals surface area (Å²) in [4.78, 5) is 12.3. The van der Waals surface area contributed by atoms with Crippen molar-refractivity contribution in [3.8, 4) is 11.8 Å². The van der Waals surface area contributed by atoms with E-state index < -0.39 is 0 Å². The molecule has 0 saturated heterocycles. The Labute approximate surface area is 112 Å². The third kappa shape index (κ3) is 2.17.